The van der Waals surface area contributed by atoms with E-state index in [4.69, 9.17) is 41.7 Å². The Kier molecular flexibility index (Phi) is 5.23. The van der Waals surface area contributed by atoms with Crippen molar-refractivity contribution in [1.29, 1.82) is 0 Å². The van der Waals surface area contributed by atoms with Crippen molar-refractivity contribution in [2.24, 2.45) is 0 Å². The third kappa shape index (κ3) is 4.01. The van der Waals surface area contributed by atoms with Crippen LogP contribution in [0.4, 0.5) is 0 Å². The van der Waals surface area contributed by atoms with Crippen LogP contribution in [-0.4, -0.2) is 42.6 Å². The second-order valence-electron chi connectivity index (χ2n) is 11.9. The van der Waals surface area contributed by atoms with Crippen LogP contribution < -0.4 is 19.8 Å². The van der Waals surface area contributed by atoms with Gasteiger partial charge in [0.15, 0.2) is 11.2 Å². The summed E-state index contributed by atoms with van der Waals surface area (Å²) in [5.41, 5.74) is 0.633. The van der Waals surface area contributed by atoms with Gasteiger partial charge in [0, 0.05) is 29.0 Å². The highest BCUT2D eigenvalue weighted by atomic mass is 16.9. The molecule has 0 bridgehead atoms. The van der Waals surface area contributed by atoms with Gasteiger partial charge in [0.05, 0.1) is 34.7 Å². The Hall–Kier alpha value is -4.25. The molecule has 0 saturated carbocycles. The summed E-state index contributed by atoms with van der Waals surface area (Å²) in [4.78, 5) is 12.0. The maximum absolute atomic E-state index is 12.0. The molecule has 0 N–H and O–H groups in total. The molecular weight excluding hydrogens is 544 g/mol. The Morgan fingerprint density at radius 3 is 2.36 bits per heavy atom. The molecule has 1 unspecified atom stereocenters. The van der Waals surface area contributed by atoms with Crippen molar-refractivity contribution in [3.63, 3.8) is 0 Å². The predicted molar refractivity (Wildman–Crippen MR) is 151 cm³/mol. The average Bonchev–Trinajstić information content (AvgIpc) is 3.35. The number of benzene rings is 2. The zero-order valence-corrected chi connectivity index (χ0v) is 23.4. The van der Waals surface area contributed by atoms with Crippen molar-refractivity contribution in [3.8, 4) is 17.2 Å². The summed E-state index contributed by atoms with van der Waals surface area (Å²) in [6.07, 6.45) is 6.23. The minimum atomic E-state index is -1.50. The molecule has 2 aromatic carbocycles. The highest BCUT2D eigenvalue weighted by Gasteiger charge is 2.55. The minimum absolute atomic E-state index is 0.00960. The van der Waals surface area contributed by atoms with Crippen LogP contribution in [0.5, 0.6) is 17.2 Å². The van der Waals surface area contributed by atoms with Crippen LogP contribution >= 0.6 is 0 Å². The molecule has 3 aliphatic heterocycles. The van der Waals surface area contributed by atoms with Gasteiger partial charge in [-0.15, -0.1) is 0 Å². The number of ether oxygens (including phenoxy) is 6. The first-order valence-corrected chi connectivity index (χ1v) is 13.8. The van der Waals surface area contributed by atoms with Crippen molar-refractivity contribution >= 4 is 39.0 Å². The molecule has 10 heteroatoms. The van der Waals surface area contributed by atoms with Crippen LogP contribution in [0.2, 0.25) is 0 Å². The van der Waals surface area contributed by atoms with E-state index in [2.05, 4.69) is 0 Å². The lowest BCUT2D eigenvalue weighted by atomic mass is 10.0. The Labute approximate surface area is 239 Å². The van der Waals surface area contributed by atoms with Crippen LogP contribution in [-0.2, 0) is 14.2 Å². The first-order valence-electron chi connectivity index (χ1n) is 13.8. The van der Waals surface area contributed by atoms with Crippen molar-refractivity contribution < 1.29 is 41.7 Å². The lowest BCUT2D eigenvalue weighted by Crippen LogP contribution is -2.39. The second-order valence-corrected chi connectivity index (χ2v) is 11.9. The van der Waals surface area contributed by atoms with Crippen molar-refractivity contribution in [3.05, 3.63) is 71.0 Å². The molecule has 2 fully saturated rings. The van der Waals surface area contributed by atoms with E-state index in [0.717, 1.165) is 16.3 Å². The lowest BCUT2D eigenvalue weighted by Gasteiger charge is -2.30. The molecule has 5 aromatic rings. The van der Waals surface area contributed by atoms with E-state index >= 15 is 0 Å². The monoisotopic (exact) mass is 572 g/mol. The number of rotatable bonds is 6. The van der Waals surface area contributed by atoms with Gasteiger partial charge in [0.2, 0.25) is 5.75 Å². The van der Waals surface area contributed by atoms with E-state index in [1.807, 2.05) is 52.0 Å². The summed E-state index contributed by atoms with van der Waals surface area (Å²) >= 11 is 0. The molecule has 2 saturated heterocycles. The van der Waals surface area contributed by atoms with Crippen LogP contribution in [0.1, 0.15) is 33.3 Å². The maximum Gasteiger partial charge on any atom is 0.350 e. The van der Waals surface area contributed by atoms with Gasteiger partial charge in [-0.1, -0.05) is 0 Å². The molecule has 1 spiro atoms. The first kappa shape index (κ1) is 25.5. The molecule has 0 radical (unpaired) electrons. The Morgan fingerprint density at radius 2 is 1.55 bits per heavy atom. The van der Waals surface area contributed by atoms with Gasteiger partial charge in [-0.2, -0.15) is 0 Å². The third-order valence-electron chi connectivity index (χ3n) is 8.11. The minimum Gasteiger partial charge on any atom is -0.489 e. The highest BCUT2D eigenvalue weighted by Crippen LogP contribution is 2.48. The number of hydrogen-bond donors (Lipinski definition) is 0. The molecule has 216 valence electrons. The highest BCUT2D eigenvalue weighted by molar-refractivity contribution is 6.00. The summed E-state index contributed by atoms with van der Waals surface area (Å²) in [5, 5.41) is 2.37. The molecule has 6 heterocycles. The number of epoxide rings is 1. The maximum atomic E-state index is 12.0. The smallest absolute Gasteiger partial charge is 0.350 e. The quantitative estimate of drug-likeness (QED) is 0.173. The van der Waals surface area contributed by atoms with Crippen molar-refractivity contribution in [2.45, 2.75) is 57.1 Å². The van der Waals surface area contributed by atoms with E-state index in [-0.39, 0.29) is 18.3 Å². The number of fused-ring (bicyclic) bond motifs is 4. The van der Waals surface area contributed by atoms with Gasteiger partial charge in [-0.05, 0) is 58.0 Å². The fourth-order valence-electron chi connectivity index (χ4n) is 5.62. The van der Waals surface area contributed by atoms with E-state index < -0.39 is 23.3 Å². The molecule has 10 nitrogen and oxygen atoms in total. The Bertz CT molecular complexity index is 1960. The first-order chi connectivity index (χ1) is 20.1. The van der Waals surface area contributed by atoms with E-state index in [9.17, 15) is 4.79 Å². The fourth-order valence-corrected chi connectivity index (χ4v) is 5.62. The number of furan rings is 2. The topological polar surface area (TPSA) is 115 Å². The fraction of sp³-hybridized carbons (Fsp3) is 0.344. The SMILES string of the molecule is CC1(C)OC1COc1c2c(cc3occc13)O[C@@]1(C=C2)O[C@H](COc2c3occc3cc3ccc(=O)oc23)C(C)(C)O1. The predicted octanol–water partition coefficient (Wildman–Crippen LogP) is 6.17. The summed E-state index contributed by atoms with van der Waals surface area (Å²) in [6.45, 7) is 8.33. The van der Waals surface area contributed by atoms with E-state index in [1.165, 1.54) is 6.07 Å². The molecule has 42 heavy (non-hydrogen) atoms. The van der Waals surface area contributed by atoms with Crippen LogP contribution in [0.25, 0.3) is 39.0 Å². The average molecular weight is 573 g/mol. The standard InChI is InChI=1S/C32H28O10/c1-30(2)23(40-30)15-36-28-19-7-10-32(39-22(19)14-21-20(28)9-12-34-21)41-24(31(3,4)42-32)16-37-29-26-18(8-11-35-26)13-17-5-6-25(33)38-27(17)29/h5-14,23-24H,15-16H2,1-4H3/t23?,24-,32+/m1/s1. The molecular formula is C32H28O10. The largest absolute Gasteiger partial charge is 0.489 e. The van der Waals surface area contributed by atoms with Crippen LogP contribution in [0.3, 0.4) is 0 Å². The Morgan fingerprint density at radius 1 is 0.810 bits per heavy atom. The normalized spacial score (nSPS) is 25.2. The molecule has 0 aliphatic carbocycles. The summed E-state index contributed by atoms with van der Waals surface area (Å²) < 4.78 is 54.3. The van der Waals surface area contributed by atoms with Gasteiger partial charge in [-0.25, -0.2) is 4.79 Å². The lowest BCUT2D eigenvalue weighted by molar-refractivity contribution is -0.271. The number of hydrogen-bond acceptors (Lipinski definition) is 10. The van der Waals surface area contributed by atoms with Gasteiger partial charge < -0.3 is 41.7 Å². The van der Waals surface area contributed by atoms with E-state index in [0.29, 0.717) is 46.0 Å². The zero-order valence-electron chi connectivity index (χ0n) is 23.4. The molecule has 3 aromatic heterocycles. The molecule has 3 atom stereocenters. The molecule has 3 aliphatic rings. The van der Waals surface area contributed by atoms with Gasteiger partial charge >= 0.3 is 11.6 Å². The Balaban J connectivity index is 1.08. The third-order valence-corrected chi connectivity index (χ3v) is 8.11. The zero-order chi connectivity index (χ0) is 28.9. The van der Waals surface area contributed by atoms with E-state index in [1.54, 1.807) is 30.7 Å². The van der Waals surface area contributed by atoms with Gasteiger partial charge in [0.1, 0.15) is 42.5 Å². The van der Waals surface area contributed by atoms with Crippen LogP contribution in [0.15, 0.2) is 73.0 Å². The van der Waals surface area contributed by atoms with Crippen molar-refractivity contribution in [2.75, 3.05) is 13.2 Å². The summed E-state index contributed by atoms with van der Waals surface area (Å²) in [5.74, 6) is -0.0439. The van der Waals surface area contributed by atoms with Gasteiger partial charge in [0.25, 0.3) is 0 Å². The summed E-state index contributed by atoms with van der Waals surface area (Å²) in [6, 6.07) is 10.4. The molecule has 8 rings (SSSR count). The molecule has 0 amide bonds. The second kappa shape index (κ2) is 8.64. The van der Waals surface area contributed by atoms with Crippen molar-refractivity contribution in [1.82, 2.24) is 0 Å². The summed E-state index contributed by atoms with van der Waals surface area (Å²) in [7, 11) is 0. The van der Waals surface area contributed by atoms with Crippen LogP contribution in [0, 0.1) is 0 Å². The van der Waals surface area contributed by atoms with Gasteiger partial charge in [-0.3, -0.25) is 0 Å².